The Morgan fingerprint density at radius 3 is 2.29 bits per heavy atom. The molecule has 0 unspecified atom stereocenters. The number of unbranched alkanes of at least 4 members (excludes halogenated alkanes) is 1. The average molecular weight is 232 g/mol. The first-order chi connectivity index (χ1) is 8.26. The van der Waals surface area contributed by atoms with Gasteiger partial charge in [-0.2, -0.15) is 0 Å². The van der Waals surface area contributed by atoms with Crippen molar-refractivity contribution < 1.29 is 4.48 Å². The summed E-state index contributed by atoms with van der Waals surface area (Å²) in [6.07, 6.45) is 4.41. The van der Waals surface area contributed by atoms with E-state index in [-0.39, 0.29) is 0 Å². The predicted molar refractivity (Wildman–Crippen MR) is 75.8 cm³/mol. The Morgan fingerprint density at radius 2 is 1.76 bits per heavy atom. The Bertz CT molecular complexity index is 312. The van der Waals surface area contributed by atoms with E-state index in [4.69, 9.17) is 0 Å². The molecule has 1 rings (SSSR count). The monoisotopic (exact) mass is 232 g/mol. The molecule has 94 valence electrons. The lowest BCUT2D eigenvalue weighted by atomic mass is 10.1. The molecule has 0 aromatic heterocycles. The van der Waals surface area contributed by atoms with Gasteiger partial charge in [0.2, 0.25) is 0 Å². The van der Waals surface area contributed by atoms with E-state index in [9.17, 15) is 0 Å². The second kappa shape index (κ2) is 7.29. The minimum atomic E-state index is 1.13. The molecule has 17 heavy (non-hydrogen) atoms. The fraction of sp³-hybridized carbons (Fsp3) is 0.500. The Kier molecular flexibility index (Phi) is 5.99. The van der Waals surface area contributed by atoms with Crippen LogP contribution in [0, 0.1) is 0 Å². The van der Waals surface area contributed by atoms with Crippen molar-refractivity contribution >= 4 is 0 Å². The van der Waals surface area contributed by atoms with Crippen molar-refractivity contribution in [2.45, 2.75) is 33.2 Å². The smallest absolute Gasteiger partial charge is 0.104 e. The van der Waals surface area contributed by atoms with Crippen molar-refractivity contribution in [1.82, 2.24) is 0 Å². The highest BCUT2D eigenvalue weighted by molar-refractivity contribution is 5.13. The third-order valence-electron chi connectivity index (χ3n) is 3.74. The summed E-state index contributed by atoms with van der Waals surface area (Å²) in [5.41, 5.74) is 1.45. The first-order valence-electron chi connectivity index (χ1n) is 6.76. The van der Waals surface area contributed by atoms with Gasteiger partial charge in [0.25, 0.3) is 0 Å². The van der Waals surface area contributed by atoms with Crippen LogP contribution in [0.1, 0.15) is 32.3 Å². The van der Waals surface area contributed by atoms with E-state index in [1.165, 1.54) is 36.1 Å². The number of rotatable bonds is 8. The molecule has 0 aliphatic carbocycles. The van der Waals surface area contributed by atoms with E-state index in [0.717, 1.165) is 13.0 Å². The van der Waals surface area contributed by atoms with E-state index in [1.54, 1.807) is 0 Å². The van der Waals surface area contributed by atoms with Crippen LogP contribution in [0.15, 0.2) is 43.0 Å². The van der Waals surface area contributed by atoms with Gasteiger partial charge in [-0.05, 0) is 20.3 Å². The molecule has 0 atom stereocenters. The van der Waals surface area contributed by atoms with Gasteiger partial charge in [0.05, 0.1) is 19.6 Å². The molecule has 0 saturated carbocycles. The van der Waals surface area contributed by atoms with Crippen molar-refractivity contribution in [2.24, 2.45) is 0 Å². The van der Waals surface area contributed by atoms with Gasteiger partial charge in [-0.15, -0.1) is 6.58 Å². The molecule has 0 aliphatic rings. The fourth-order valence-electron chi connectivity index (χ4n) is 2.38. The van der Waals surface area contributed by atoms with Crippen LogP contribution in [-0.4, -0.2) is 24.1 Å². The second-order valence-electron chi connectivity index (χ2n) is 4.77. The molecule has 1 aromatic carbocycles. The van der Waals surface area contributed by atoms with Crippen LogP contribution in [-0.2, 0) is 6.54 Å². The number of hydrogen-bond donors (Lipinski definition) is 0. The molecule has 0 saturated heterocycles. The standard InChI is InChI=1S/C16H26N/c1-4-7-11-14-17(5-2,6-3)15-16-12-9-8-10-13-16/h4,8-10,12-13H,1,5-7,11,14-15H2,2-3H3/q+1. The van der Waals surface area contributed by atoms with Crippen molar-refractivity contribution in [3.63, 3.8) is 0 Å². The lowest BCUT2D eigenvalue weighted by molar-refractivity contribution is -0.937. The fourth-order valence-corrected chi connectivity index (χ4v) is 2.38. The molecular weight excluding hydrogens is 206 g/mol. The zero-order valence-electron chi connectivity index (χ0n) is 11.4. The van der Waals surface area contributed by atoms with Gasteiger partial charge in [0.1, 0.15) is 6.54 Å². The van der Waals surface area contributed by atoms with E-state index in [1.807, 2.05) is 6.08 Å². The van der Waals surface area contributed by atoms with Crippen molar-refractivity contribution in [2.75, 3.05) is 19.6 Å². The Hall–Kier alpha value is -1.08. The van der Waals surface area contributed by atoms with Gasteiger partial charge in [-0.3, -0.25) is 0 Å². The average Bonchev–Trinajstić information content (AvgIpc) is 2.39. The Labute approximate surface area is 106 Å². The van der Waals surface area contributed by atoms with Gasteiger partial charge in [0.15, 0.2) is 0 Å². The predicted octanol–water partition coefficient (Wildman–Crippen LogP) is 4.01. The van der Waals surface area contributed by atoms with E-state index >= 15 is 0 Å². The maximum atomic E-state index is 3.81. The number of nitrogens with zero attached hydrogens (tertiary/aromatic N) is 1. The first kappa shape index (κ1) is 14.0. The molecule has 0 bridgehead atoms. The zero-order valence-corrected chi connectivity index (χ0v) is 11.4. The molecule has 0 radical (unpaired) electrons. The summed E-state index contributed by atoms with van der Waals surface area (Å²) in [4.78, 5) is 0. The Morgan fingerprint density at radius 1 is 1.12 bits per heavy atom. The molecule has 1 aromatic rings. The summed E-state index contributed by atoms with van der Waals surface area (Å²) in [6.45, 7) is 13.3. The first-order valence-corrected chi connectivity index (χ1v) is 6.76. The normalized spacial score (nSPS) is 11.4. The van der Waals surface area contributed by atoms with Gasteiger partial charge < -0.3 is 4.48 Å². The van der Waals surface area contributed by atoms with Crippen molar-refractivity contribution in [1.29, 1.82) is 0 Å². The van der Waals surface area contributed by atoms with E-state index in [0.29, 0.717) is 0 Å². The topological polar surface area (TPSA) is 0 Å². The van der Waals surface area contributed by atoms with Gasteiger partial charge in [0, 0.05) is 12.0 Å². The second-order valence-corrected chi connectivity index (χ2v) is 4.77. The number of hydrogen-bond acceptors (Lipinski definition) is 0. The minimum absolute atomic E-state index is 1.13. The van der Waals surface area contributed by atoms with Gasteiger partial charge >= 0.3 is 0 Å². The third-order valence-corrected chi connectivity index (χ3v) is 3.74. The SMILES string of the molecule is C=CCCC[N+](CC)(CC)Cc1ccccc1. The van der Waals surface area contributed by atoms with Gasteiger partial charge in [-0.25, -0.2) is 0 Å². The highest BCUT2D eigenvalue weighted by Gasteiger charge is 2.22. The number of quaternary nitrogens is 1. The van der Waals surface area contributed by atoms with Crippen molar-refractivity contribution in [3.8, 4) is 0 Å². The summed E-state index contributed by atoms with van der Waals surface area (Å²) in [5, 5.41) is 0. The third kappa shape index (κ3) is 4.35. The van der Waals surface area contributed by atoms with Gasteiger partial charge in [-0.1, -0.05) is 36.4 Å². The van der Waals surface area contributed by atoms with Crippen LogP contribution in [0.2, 0.25) is 0 Å². The van der Waals surface area contributed by atoms with Crippen LogP contribution in [0.3, 0.4) is 0 Å². The number of allylic oxidation sites excluding steroid dienone is 1. The summed E-state index contributed by atoms with van der Waals surface area (Å²) in [6, 6.07) is 10.9. The van der Waals surface area contributed by atoms with Crippen LogP contribution in [0.4, 0.5) is 0 Å². The minimum Gasteiger partial charge on any atom is -0.320 e. The van der Waals surface area contributed by atoms with Crippen LogP contribution >= 0.6 is 0 Å². The van der Waals surface area contributed by atoms with Crippen LogP contribution < -0.4 is 0 Å². The zero-order chi connectivity index (χ0) is 12.6. The molecule has 0 heterocycles. The highest BCUT2D eigenvalue weighted by atomic mass is 15.3. The molecule has 0 amide bonds. The summed E-state index contributed by atoms with van der Waals surface area (Å²) in [7, 11) is 0. The van der Waals surface area contributed by atoms with E-state index < -0.39 is 0 Å². The maximum Gasteiger partial charge on any atom is 0.104 e. The lowest BCUT2D eigenvalue weighted by Crippen LogP contribution is -2.47. The molecule has 0 N–H and O–H groups in total. The summed E-state index contributed by atoms with van der Waals surface area (Å²) in [5.74, 6) is 0. The molecule has 1 nitrogen and oxygen atoms in total. The quantitative estimate of drug-likeness (QED) is 0.361. The van der Waals surface area contributed by atoms with Crippen LogP contribution in [0.5, 0.6) is 0 Å². The number of benzene rings is 1. The molecule has 0 spiro atoms. The molecule has 1 heteroatoms. The largest absolute Gasteiger partial charge is 0.320 e. The van der Waals surface area contributed by atoms with Crippen LogP contribution in [0.25, 0.3) is 0 Å². The summed E-state index contributed by atoms with van der Waals surface area (Å²) < 4.78 is 1.19. The Balaban J connectivity index is 2.66. The van der Waals surface area contributed by atoms with E-state index in [2.05, 4.69) is 50.8 Å². The molecule has 0 aliphatic heterocycles. The maximum absolute atomic E-state index is 3.81. The van der Waals surface area contributed by atoms with Crippen molar-refractivity contribution in [3.05, 3.63) is 48.6 Å². The molecule has 0 fully saturated rings. The highest BCUT2D eigenvalue weighted by Crippen LogP contribution is 2.16. The molecular formula is C16H26N+. The summed E-state index contributed by atoms with van der Waals surface area (Å²) >= 11 is 0. The lowest BCUT2D eigenvalue weighted by Gasteiger charge is -2.37.